The predicted molar refractivity (Wildman–Crippen MR) is 83.1 cm³/mol. The van der Waals surface area contributed by atoms with Crippen LogP contribution in [0.2, 0.25) is 0 Å². The van der Waals surface area contributed by atoms with E-state index in [1.54, 1.807) is 0 Å². The van der Waals surface area contributed by atoms with Crippen molar-refractivity contribution >= 4 is 17.2 Å². The molecule has 2 aliphatic rings. The number of aryl methyl sites for hydroxylation is 2. The average Bonchev–Trinajstić information content (AvgIpc) is 3.11. The largest absolute Gasteiger partial charge is 0.350 e. The van der Waals surface area contributed by atoms with Gasteiger partial charge < -0.3 is 10.6 Å². The summed E-state index contributed by atoms with van der Waals surface area (Å²) in [5, 5.41) is 6.60. The Bertz CT molecular complexity index is 467. The quantitative estimate of drug-likeness (QED) is 0.876. The second kappa shape index (κ2) is 5.86. The molecule has 4 heteroatoms. The first kappa shape index (κ1) is 14.1. The maximum Gasteiger partial charge on any atom is 0.240 e. The van der Waals surface area contributed by atoms with Gasteiger partial charge in [-0.1, -0.05) is 13.3 Å². The van der Waals surface area contributed by atoms with E-state index < -0.39 is 0 Å². The Balaban J connectivity index is 1.60. The number of hydrogen-bond acceptors (Lipinski definition) is 3. The van der Waals surface area contributed by atoms with E-state index in [4.69, 9.17) is 0 Å². The third-order valence-corrected chi connectivity index (χ3v) is 5.81. The number of carbonyl (C=O) groups excluding carboxylic acids is 1. The molecule has 1 aliphatic heterocycles. The Morgan fingerprint density at radius 3 is 3.05 bits per heavy atom. The van der Waals surface area contributed by atoms with Crippen LogP contribution >= 0.6 is 11.3 Å². The normalized spacial score (nSPS) is 24.9. The van der Waals surface area contributed by atoms with E-state index in [-0.39, 0.29) is 11.4 Å². The molecule has 2 N–H and O–H groups in total. The number of rotatable bonds is 5. The van der Waals surface area contributed by atoms with Crippen LogP contribution in [0.5, 0.6) is 0 Å². The van der Waals surface area contributed by atoms with E-state index in [9.17, 15) is 4.79 Å². The first-order valence-electron chi connectivity index (χ1n) is 7.87. The lowest BCUT2D eigenvalue weighted by atomic mass is 9.91. The van der Waals surface area contributed by atoms with Gasteiger partial charge in [0, 0.05) is 9.75 Å². The minimum absolute atomic E-state index is 0.199. The molecule has 0 aromatic carbocycles. The third kappa shape index (κ3) is 2.63. The van der Waals surface area contributed by atoms with Gasteiger partial charge in [-0.05, 0) is 56.7 Å². The molecule has 20 heavy (non-hydrogen) atoms. The lowest BCUT2D eigenvalue weighted by Crippen LogP contribution is -2.53. The number of nitrogens with one attached hydrogen (secondary N) is 2. The number of thiophene rings is 1. The summed E-state index contributed by atoms with van der Waals surface area (Å²) in [6.45, 7) is 3.82. The molecule has 1 aromatic rings. The van der Waals surface area contributed by atoms with Gasteiger partial charge in [0.2, 0.25) is 5.91 Å². The van der Waals surface area contributed by atoms with E-state index in [2.05, 4.69) is 23.6 Å². The number of carbonyl (C=O) groups is 1. The Hall–Kier alpha value is -0.870. The summed E-state index contributed by atoms with van der Waals surface area (Å²) in [5.41, 5.74) is 1.22. The van der Waals surface area contributed by atoms with Crippen LogP contribution in [0, 0.1) is 0 Å². The topological polar surface area (TPSA) is 41.1 Å². The van der Waals surface area contributed by atoms with Crippen molar-refractivity contribution in [2.24, 2.45) is 0 Å². The van der Waals surface area contributed by atoms with Gasteiger partial charge in [-0.3, -0.25) is 4.79 Å². The fourth-order valence-electron chi connectivity index (χ4n) is 3.57. The smallest absolute Gasteiger partial charge is 0.240 e. The fraction of sp³-hybridized carbons (Fsp3) is 0.688. The first-order chi connectivity index (χ1) is 9.73. The number of amides is 1. The maximum absolute atomic E-state index is 12.5. The molecule has 3 rings (SSSR count). The van der Waals surface area contributed by atoms with Gasteiger partial charge in [0.1, 0.15) is 0 Å². The zero-order chi connectivity index (χ0) is 14.0. The van der Waals surface area contributed by atoms with Crippen LogP contribution in [0.3, 0.4) is 0 Å². The summed E-state index contributed by atoms with van der Waals surface area (Å²) in [6, 6.07) is 2.29. The molecule has 0 radical (unpaired) electrons. The highest BCUT2D eigenvalue weighted by molar-refractivity contribution is 7.12. The van der Waals surface area contributed by atoms with Gasteiger partial charge >= 0.3 is 0 Å². The highest BCUT2D eigenvalue weighted by atomic mass is 32.1. The van der Waals surface area contributed by atoms with Crippen LogP contribution in [0.1, 0.15) is 54.3 Å². The van der Waals surface area contributed by atoms with Crippen LogP contribution in [0.15, 0.2) is 6.07 Å². The highest BCUT2D eigenvalue weighted by Gasteiger charge is 2.39. The number of fused-ring (bicyclic) bond motifs is 1. The molecule has 0 spiro atoms. The average molecular weight is 292 g/mol. The zero-order valence-corrected chi connectivity index (χ0v) is 13.1. The molecular formula is C16H24N2OS. The predicted octanol–water partition coefficient (Wildman–Crippen LogP) is 2.78. The van der Waals surface area contributed by atoms with Crippen molar-refractivity contribution < 1.29 is 4.79 Å². The third-order valence-electron chi connectivity index (χ3n) is 4.58. The number of hydrogen-bond donors (Lipinski definition) is 2. The van der Waals surface area contributed by atoms with Crippen LogP contribution in [0.4, 0.5) is 0 Å². The van der Waals surface area contributed by atoms with Gasteiger partial charge in [0.05, 0.1) is 12.1 Å². The molecular weight excluding hydrogens is 268 g/mol. The van der Waals surface area contributed by atoms with Crippen LogP contribution in [-0.2, 0) is 24.2 Å². The standard InChI is InChI=1S/C16H24N2OS/c1-2-7-16(8-4-9-18-16)15(19)17-11-13-10-12-5-3-6-14(12)20-13/h10,18H,2-9,11H2,1H3,(H,17,19). The molecule has 1 aromatic heterocycles. The minimum Gasteiger partial charge on any atom is -0.350 e. The molecule has 1 amide bonds. The van der Waals surface area contributed by atoms with Crippen molar-refractivity contribution in [1.29, 1.82) is 0 Å². The van der Waals surface area contributed by atoms with E-state index in [1.165, 1.54) is 34.6 Å². The second-order valence-electron chi connectivity index (χ2n) is 6.06. The summed E-state index contributed by atoms with van der Waals surface area (Å²) < 4.78 is 0. The van der Waals surface area contributed by atoms with E-state index in [1.807, 2.05) is 11.3 Å². The Morgan fingerprint density at radius 2 is 2.35 bits per heavy atom. The molecule has 0 bridgehead atoms. The zero-order valence-electron chi connectivity index (χ0n) is 12.3. The molecule has 1 fully saturated rings. The van der Waals surface area contributed by atoms with E-state index in [0.29, 0.717) is 6.54 Å². The monoisotopic (exact) mass is 292 g/mol. The van der Waals surface area contributed by atoms with Crippen molar-refractivity contribution in [1.82, 2.24) is 10.6 Å². The van der Waals surface area contributed by atoms with Crippen LogP contribution in [0.25, 0.3) is 0 Å². The van der Waals surface area contributed by atoms with Gasteiger partial charge in [-0.25, -0.2) is 0 Å². The molecule has 1 aliphatic carbocycles. The highest BCUT2D eigenvalue weighted by Crippen LogP contribution is 2.31. The minimum atomic E-state index is -0.297. The maximum atomic E-state index is 12.5. The second-order valence-corrected chi connectivity index (χ2v) is 7.28. The Labute approximate surface area is 125 Å². The summed E-state index contributed by atoms with van der Waals surface area (Å²) in [7, 11) is 0. The van der Waals surface area contributed by atoms with Crippen molar-refractivity contribution in [3.63, 3.8) is 0 Å². The van der Waals surface area contributed by atoms with Gasteiger partial charge in [-0.2, -0.15) is 0 Å². The summed E-state index contributed by atoms with van der Waals surface area (Å²) in [4.78, 5) is 15.4. The van der Waals surface area contributed by atoms with Crippen molar-refractivity contribution in [2.75, 3.05) is 6.54 Å². The Morgan fingerprint density at radius 1 is 1.45 bits per heavy atom. The summed E-state index contributed by atoms with van der Waals surface area (Å²) in [6.07, 6.45) is 7.84. The van der Waals surface area contributed by atoms with Gasteiger partial charge in [0.15, 0.2) is 0 Å². The Kier molecular flexibility index (Phi) is 4.13. The fourth-order valence-corrected chi connectivity index (χ4v) is 4.77. The summed E-state index contributed by atoms with van der Waals surface area (Å²) >= 11 is 1.88. The lowest BCUT2D eigenvalue weighted by molar-refractivity contribution is -0.127. The molecule has 110 valence electrons. The van der Waals surface area contributed by atoms with E-state index in [0.717, 1.165) is 32.2 Å². The molecule has 1 saturated heterocycles. The lowest BCUT2D eigenvalue weighted by Gasteiger charge is -2.27. The van der Waals surface area contributed by atoms with Crippen molar-refractivity contribution in [3.8, 4) is 0 Å². The van der Waals surface area contributed by atoms with Crippen LogP contribution in [-0.4, -0.2) is 18.0 Å². The van der Waals surface area contributed by atoms with E-state index >= 15 is 0 Å². The van der Waals surface area contributed by atoms with Crippen molar-refractivity contribution in [2.45, 2.75) is 64.0 Å². The summed E-state index contributed by atoms with van der Waals surface area (Å²) in [5.74, 6) is 0.199. The van der Waals surface area contributed by atoms with Crippen LogP contribution < -0.4 is 10.6 Å². The SMILES string of the molecule is CCCC1(C(=O)NCc2cc3c(s2)CCC3)CCCN1. The van der Waals surface area contributed by atoms with Gasteiger partial charge in [-0.15, -0.1) is 11.3 Å². The molecule has 2 heterocycles. The van der Waals surface area contributed by atoms with Crippen molar-refractivity contribution in [3.05, 3.63) is 21.4 Å². The van der Waals surface area contributed by atoms with Gasteiger partial charge in [0.25, 0.3) is 0 Å². The molecule has 3 nitrogen and oxygen atoms in total. The molecule has 1 unspecified atom stereocenters. The molecule has 0 saturated carbocycles. The first-order valence-corrected chi connectivity index (χ1v) is 8.69. The molecule has 1 atom stereocenters.